The number of aryl methyl sites for hydroxylation is 1. The van der Waals surface area contributed by atoms with Crippen LogP contribution in [0.4, 0.5) is 0 Å². The van der Waals surface area contributed by atoms with Gasteiger partial charge in [-0.25, -0.2) is 4.68 Å². The highest BCUT2D eigenvalue weighted by Gasteiger charge is 2.20. The first-order valence-electron chi connectivity index (χ1n) is 5.63. The van der Waals surface area contributed by atoms with E-state index >= 15 is 0 Å². The molecular weight excluding hydrogens is 214 g/mol. The number of hydrogen-bond acceptors (Lipinski definition) is 3. The largest absolute Gasteiger partial charge is 0.307 e. The van der Waals surface area contributed by atoms with Crippen LogP contribution in [-0.2, 0) is 13.1 Å². The Labute approximate surface area is 99.3 Å². The van der Waals surface area contributed by atoms with E-state index < -0.39 is 0 Å². The number of nitrogens with zero attached hydrogens (tertiary/aromatic N) is 2. The predicted octanol–water partition coefficient (Wildman–Crippen LogP) is 1.60. The van der Waals surface area contributed by atoms with E-state index in [1.807, 2.05) is 35.9 Å². The molecule has 0 spiro atoms. The van der Waals surface area contributed by atoms with E-state index in [1.165, 1.54) is 11.3 Å². The van der Waals surface area contributed by atoms with Gasteiger partial charge in [-0.3, -0.25) is 4.79 Å². The third kappa shape index (κ3) is 1.57. The quantitative estimate of drug-likeness (QED) is 0.793. The van der Waals surface area contributed by atoms with Gasteiger partial charge in [-0.1, -0.05) is 0 Å². The zero-order chi connectivity index (χ0) is 11.8. The number of aromatic nitrogens is 2. The number of aldehydes is 1. The summed E-state index contributed by atoms with van der Waals surface area (Å²) < 4.78 is 1.96. The first-order valence-corrected chi connectivity index (χ1v) is 5.63. The highest BCUT2D eigenvalue weighted by atomic mass is 16.1. The standard InChI is InChI=1S/C13H13N3O/c1-9-12-6-14-7-13(12)16(15-9)11-4-2-10(8-17)3-5-11/h2-5,8,14H,6-7H2,1H3. The molecule has 1 aromatic heterocycles. The van der Waals surface area contributed by atoms with Crippen molar-refractivity contribution in [2.24, 2.45) is 0 Å². The van der Waals surface area contributed by atoms with Crippen LogP contribution in [0.3, 0.4) is 0 Å². The Balaban J connectivity index is 2.09. The molecule has 17 heavy (non-hydrogen) atoms. The van der Waals surface area contributed by atoms with Crippen LogP contribution in [0.25, 0.3) is 5.69 Å². The lowest BCUT2D eigenvalue weighted by Crippen LogP contribution is -2.08. The van der Waals surface area contributed by atoms with Gasteiger partial charge in [0, 0.05) is 24.2 Å². The van der Waals surface area contributed by atoms with Crippen LogP contribution in [0.5, 0.6) is 0 Å². The molecule has 2 aromatic rings. The molecule has 0 radical (unpaired) electrons. The predicted molar refractivity (Wildman–Crippen MR) is 64.2 cm³/mol. The monoisotopic (exact) mass is 227 g/mol. The molecule has 2 heterocycles. The van der Waals surface area contributed by atoms with Crippen LogP contribution >= 0.6 is 0 Å². The van der Waals surface area contributed by atoms with Crippen LogP contribution in [0, 0.1) is 6.92 Å². The summed E-state index contributed by atoms with van der Waals surface area (Å²) in [5.41, 5.74) is 5.28. The minimum Gasteiger partial charge on any atom is -0.307 e. The van der Waals surface area contributed by atoms with Gasteiger partial charge in [0.15, 0.2) is 0 Å². The Bertz CT molecular complexity index is 569. The third-order valence-corrected chi connectivity index (χ3v) is 3.16. The molecule has 1 aromatic carbocycles. The summed E-state index contributed by atoms with van der Waals surface area (Å²) in [4.78, 5) is 10.6. The van der Waals surface area contributed by atoms with Crippen molar-refractivity contribution < 1.29 is 4.79 Å². The van der Waals surface area contributed by atoms with Gasteiger partial charge in [-0.2, -0.15) is 5.10 Å². The SMILES string of the molecule is Cc1nn(-c2ccc(C=O)cc2)c2c1CNC2. The Kier molecular flexibility index (Phi) is 2.30. The first-order chi connectivity index (χ1) is 8.29. The van der Waals surface area contributed by atoms with Gasteiger partial charge in [0.2, 0.25) is 0 Å². The molecule has 0 atom stereocenters. The van der Waals surface area contributed by atoms with Crippen molar-refractivity contribution in [2.45, 2.75) is 20.0 Å². The maximum absolute atomic E-state index is 10.6. The molecule has 0 fully saturated rings. The highest BCUT2D eigenvalue weighted by Crippen LogP contribution is 2.22. The number of carbonyl (C=O) groups excluding carboxylic acids is 1. The smallest absolute Gasteiger partial charge is 0.150 e. The average molecular weight is 227 g/mol. The van der Waals surface area contributed by atoms with Gasteiger partial charge in [0.05, 0.1) is 17.1 Å². The molecule has 0 bridgehead atoms. The maximum Gasteiger partial charge on any atom is 0.150 e. The van der Waals surface area contributed by atoms with Crippen molar-refractivity contribution >= 4 is 6.29 Å². The zero-order valence-electron chi connectivity index (χ0n) is 9.60. The molecule has 4 nitrogen and oxygen atoms in total. The Morgan fingerprint density at radius 1 is 1.29 bits per heavy atom. The Morgan fingerprint density at radius 3 is 2.76 bits per heavy atom. The number of hydrogen-bond donors (Lipinski definition) is 1. The van der Waals surface area contributed by atoms with Crippen molar-refractivity contribution in [1.29, 1.82) is 0 Å². The van der Waals surface area contributed by atoms with E-state index in [4.69, 9.17) is 0 Å². The molecule has 1 N–H and O–H groups in total. The Hall–Kier alpha value is -1.94. The zero-order valence-corrected chi connectivity index (χ0v) is 9.60. The normalized spacial score (nSPS) is 13.7. The second-order valence-corrected chi connectivity index (χ2v) is 4.24. The number of carbonyl (C=O) groups is 1. The lowest BCUT2D eigenvalue weighted by atomic mass is 10.2. The molecule has 1 aliphatic heterocycles. The van der Waals surface area contributed by atoms with Crippen molar-refractivity contribution in [1.82, 2.24) is 15.1 Å². The van der Waals surface area contributed by atoms with Crippen LogP contribution in [0.1, 0.15) is 27.3 Å². The molecule has 0 amide bonds. The highest BCUT2D eigenvalue weighted by molar-refractivity contribution is 5.75. The van der Waals surface area contributed by atoms with Crippen molar-refractivity contribution in [2.75, 3.05) is 0 Å². The van der Waals surface area contributed by atoms with Gasteiger partial charge in [0.1, 0.15) is 6.29 Å². The van der Waals surface area contributed by atoms with Crippen molar-refractivity contribution in [3.63, 3.8) is 0 Å². The summed E-state index contributed by atoms with van der Waals surface area (Å²) in [5, 5.41) is 7.87. The van der Waals surface area contributed by atoms with Gasteiger partial charge in [-0.15, -0.1) is 0 Å². The van der Waals surface area contributed by atoms with Gasteiger partial charge in [-0.05, 0) is 31.2 Å². The first kappa shape index (κ1) is 10.2. The van der Waals surface area contributed by atoms with E-state index in [2.05, 4.69) is 10.4 Å². The number of benzene rings is 1. The topological polar surface area (TPSA) is 46.9 Å². The van der Waals surface area contributed by atoms with Crippen LogP contribution in [0.2, 0.25) is 0 Å². The number of fused-ring (bicyclic) bond motifs is 1. The van der Waals surface area contributed by atoms with Gasteiger partial charge >= 0.3 is 0 Å². The van der Waals surface area contributed by atoms with E-state index in [9.17, 15) is 4.79 Å². The maximum atomic E-state index is 10.6. The average Bonchev–Trinajstić information content (AvgIpc) is 2.94. The second-order valence-electron chi connectivity index (χ2n) is 4.24. The molecule has 0 saturated carbocycles. The lowest BCUT2D eigenvalue weighted by Gasteiger charge is -2.05. The summed E-state index contributed by atoms with van der Waals surface area (Å²) in [6.45, 7) is 3.78. The molecule has 86 valence electrons. The molecule has 0 unspecified atom stereocenters. The van der Waals surface area contributed by atoms with Crippen LogP contribution in [0.15, 0.2) is 24.3 Å². The van der Waals surface area contributed by atoms with Crippen LogP contribution in [-0.4, -0.2) is 16.1 Å². The van der Waals surface area contributed by atoms with E-state index in [0.717, 1.165) is 30.8 Å². The molecule has 1 aliphatic rings. The minimum atomic E-state index is 0.687. The second kappa shape index (κ2) is 3.82. The fraction of sp³-hybridized carbons (Fsp3) is 0.231. The van der Waals surface area contributed by atoms with E-state index in [0.29, 0.717) is 5.56 Å². The summed E-state index contributed by atoms with van der Waals surface area (Å²) in [5.74, 6) is 0. The van der Waals surface area contributed by atoms with E-state index in [1.54, 1.807) is 0 Å². The summed E-state index contributed by atoms with van der Waals surface area (Å²) in [6.07, 6.45) is 0.851. The fourth-order valence-corrected chi connectivity index (χ4v) is 2.23. The summed E-state index contributed by atoms with van der Waals surface area (Å²) in [6, 6.07) is 7.48. The molecular formula is C13H13N3O. The summed E-state index contributed by atoms with van der Waals surface area (Å²) in [7, 11) is 0. The van der Waals surface area contributed by atoms with Crippen molar-refractivity contribution in [3.05, 3.63) is 46.8 Å². The third-order valence-electron chi connectivity index (χ3n) is 3.16. The number of nitrogens with one attached hydrogen (secondary N) is 1. The lowest BCUT2D eigenvalue weighted by molar-refractivity contribution is 0.112. The van der Waals surface area contributed by atoms with E-state index in [-0.39, 0.29) is 0 Å². The van der Waals surface area contributed by atoms with Crippen LogP contribution < -0.4 is 5.32 Å². The molecule has 3 rings (SSSR count). The van der Waals surface area contributed by atoms with Crippen molar-refractivity contribution in [3.8, 4) is 5.69 Å². The molecule has 4 heteroatoms. The fourth-order valence-electron chi connectivity index (χ4n) is 2.23. The Morgan fingerprint density at radius 2 is 2.06 bits per heavy atom. The number of rotatable bonds is 2. The summed E-state index contributed by atoms with van der Waals surface area (Å²) >= 11 is 0. The molecule has 0 aliphatic carbocycles. The minimum absolute atomic E-state index is 0.687. The molecule has 0 saturated heterocycles. The van der Waals surface area contributed by atoms with Gasteiger partial charge < -0.3 is 5.32 Å². The van der Waals surface area contributed by atoms with Gasteiger partial charge in [0.25, 0.3) is 0 Å².